The minimum Gasteiger partial charge on any atom is -0.309 e. The number of hydrogen-bond acceptors (Lipinski definition) is 1. The summed E-state index contributed by atoms with van der Waals surface area (Å²) in [6.07, 6.45) is 0. The smallest absolute Gasteiger partial charge is 0.171 e. The second kappa shape index (κ2) is 10.9. The lowest BCUT2D eigenvalue weighted by Crippen LogP contribution is -2.27. The van der Waals surface area contributed by atoms with Gasteiger partial charge in [0.2, 0.25) is 0 Å². The van der Waals surface area contributed by atoms with Crippen LogP contribution >= 0.6 is 15.7 Å². The summed E-state index contributed by atoms with van der Waals surface area (Å²) in [7, 11) is -2.80. The zero-order chi connectivity index (χ0) is 27.6. The van der Waals surface area contributed by atoms with Crippen LogP contribution in [0.1, 0.15) is 0 Å². The minimum absolute atomic E-state index is 0.459. The summed E-state index contributed by atoms with van der Waals surface area (Å²) in [4.78, 5) is 0. The lowest BCUT2D eigenvalue weighted by atomic mass is 9.93. The molecule has 0 aliphatic carbocycles. The third-order valence-electron chi connectivity index (χ3n) is 7.72. The molecule has 0 fully saturated rings. The van der Waals surface area contributed by atoms with Gasteiger partial charge in [-0.25, -0.2) is 0 Å². The largest absolute Gasteiger partial charge is 0.309 e. The fourth-order valence-electron chi connectivity index (χ4n) is 5.81. The van der Waals surface area contributed by atoms with Gasteiger partial charge < -0.3 is 4.57 Å². The third kappa shape index (κ3) is 4.62. The second-order valence-corrected chi connectivity index (χ2v) is 14.3. The van der Waals surface area contributed by atoms with Crippen LogP contribution in [0.5, 0.6) is 0 Å². The molecule has 41 heavy (non-hydrogen) atoms. The van der Waals surface area contributed by atoms with E-state index in [0.717, 1.165) is 32.2 Å². The number of benzene rings is 7. The molecule has 7 rings (SSSR count). The Bertz CT molecular complexity index is 1990. The molecule has 0 spiro atoms. The Morgan fingerprint density at radius 2 is 0.878 bits per heavy atom. The van der Waals surface area contributed by atoms with Crippen LogP contribution in [-0.4, -0.2) is 0 Å². The average molecular weight is 563 g/mol. The molecule has 196 valence electrons. The molecule has 1 unspecified atom stereocenters. The molecule has 0 N–H and O–H groups in total. The van der Waals surface area contributed by atoms with Gasteiger partial charge in [0, 0.05) is 21.5 Å². The van der Waals surface area contributed by atoms with Crippen molar-refractivity contribution in [2.75, 3.05) is 0 Å². The van der Waals surface area contributed by atoms with Gasteiger partial charge in [-0.3, -0.25) is 0 Å². The van der Waals surface area contributed by atoms with Crippen molar-refractivity contribution in [1.29, 1.82) is 0 Å². The van der Waals surface area contributed by atoms with Gasteiger partial charge in [0.15, 0.2) is 7.14 Å². The summed E-state index contributed by atoms with van der Waals surface area (Å²) in [5.74, 6) is 0. The van der Waals surface area contributed by atoms with Gasteiger partial charge in [-0.2, -0.15) is 0 Å². The molecule has 0 radical (unpaired) electrons. The van der Waals surface area contributed by atoms with E-state index >= 15 is 4.57 Å². The molecule has 0 amide bonds. The van der Waals surface area contributed by atoms with Crippen LogP contribution in [0.15, 0.2) is 164 Å². The van der Waals surface area contributed by atoms with Gasteiger partial charge in [0.25, 0.3) is 0 Å². The van der Waals surface area contributed by atoms with E-state index in [-0.39, 0.29) is 0 Å². The molecule has 7 aromatic carbocycles. The first-order chi connectivity index (χ1) is 20.2. The SMILES string of the molecule is O=P(c1ccccc1)(c1ccccc1)c1ccc2ccccc2c1-c1c(Pc2ccccc2)ccc2ccccc12. The highest BCUT2D eigenvalue weighted by molar-refractivity contribution is 7.85. The highest BCUT2D eigenvalue weighted by Gasteiger charge is 2.34. The van der Waals surface area contributed by atoms with Crippen molar-refractivity contribution in [3.05, 3.63) is 164 Å². The summed E-state index contributed by atoms with van der Waals surface area (Å²) < 4.78 is 15.9. The van der Waals surface area contributed by atoms with Gasteiger partial charge in [0.05, 0.1) is 0 Å². The first-order valence-corrected chi connectivity index (χ1v) is 16.5. The first-order valence-electron chi connectivity index (χ1n) is 13.8. The Kier molecular flexibility index (Phi) is 6.85. The maximum Gasteiger partial charge on any atom is 0.171 e. The summed E-state index contributed by atoms with van der Waals surface area (Å²) in [6.45, 7) is 0. The quantitative estimate of drug-likeness (QED) is 0.188. The van der Waals surface area contributed by atoms with Gasteiger partial charge in [-0.15, -0.1) is 0 Å². The van der Waals surface area contributed by atoms with Gasteiger partial charge in [0.1, 0.15) is 0 Å². The Balaban J connectivity index is 1.64. The van der Waals surface area contributed by atoms with Gasteiger partial charge >= 0.3 is 0 Å². The number of fused-ring (bicyclic) bond motifs is 2. The Labute approximate surface area is 242 Å². The lowest BCUT2D eigenvalue weighted by Gasteiger charge is -2.26. The monoisotopic (exact) mass is 562 g/mol. The van der Waals surface area contributed by atoms with Gasteiger partial charge in [-0.1, -0.05) is 166 Å². The molecule has 0 saturated heterocycles. The Morgan fingerprint density at radius 3 is 1.46 bits per heavy atom. The molecule has 0 saturated carbocycles. The zero-order valence-corrected chi connectivity index (χ0v) is 24.3. The van der Waals surface area contributed by atoms with Crippen LogP contribution in [0.2, 0.25) is 0 Å². The molecule has 3 heteroatoms. The fraction of sp³-hybridized carbons (Fsp3) is 0. The summed E-state index contributed by atoms with van der Waals surface area (Å²) in [5, 5.41) is 9.71. The summed E-state index contributed by atoms with van der Waals surface area (Å²) >= 11 is 0. The molecule has 0 aromatic heterocycles. The first kappa shape index (κ1) is 25.7. The normalized spacial score (nSPS) is 11.9. The predicted molar refractivity (Wildman–Crippen MR) is 180 cm³/mol. The van der Waals surface area contributed by atoms with Crippen molar-refractivity contribution in [2.45, 2.75) is 0 Å². The van der Waals surface area contributed by atoms with E-state index in [0.29, 0.717) is 8.58 Å². The van der Waals surface area contributed by atoms with Crippen molar-refractivity contribution in [3.63, 3.8) is 0 Å². The van der Waals surface area contributed by atoms with Crippen molar-refractivity contribution in [3.8, 4) is 11.1 Å². The van der Waals surface area contributed by atoms with E-state index in [2.05, 4.69) is 103 Å². The second-order valence-electron chi connectivity index (χ2n) is 10.2. The maximum absolute atomic E-state index is 15.9. The van der Waals surface area contributed by atoms with E-state index < -0.39 is 7.14 Å². The van der Waals surface area contributed by atoms with Crippen molar-refractivity contribution >= 4 is 63.8 Å². The van der Waals surface area contributed by atoms with Crippen molar-refractivity contribution < 1.29 is 4.57 Å². The predicted octanol–water partition coefficient (Wildman–Crippen LogP) is 7.93. The highest BCUT2D eigenvalue weighted by Crippen LogP contribution is 2.48. The van der Waals surface area contributed by atoms with E-state index in [1.807, 2.05) is 60.7 Å². The Hall–Kier alpha value is -4.28. The summed E-state index contributed by atoms with van der Waals surface area (Å²) in [6, 6.07) is 56.5. The topological polar surface area (TPSA) is 17.1 Å². The molecule has 0 heterocycles. The van der Waals surface area contributed by atoms with Gasteiger partial charge in [-0.05, 0) is 43.8 Å². The van der Waals surface area contributed by atoms with Crippen LogP contribution in [0.4, 0.5) is 0 Å². The minimum atomic E-state index is -3.26. The summed E-state index contributed by atoms with van der Waals surface area (Å²) in [5.41, 5.74) is 2.23. The lowest BCUT2D eigenvalue weighted by molar-refractivity contribution is 0.592. The van der Waals surface area contributed by atoms with Crippen LogP contribution in [-0.2, 0) is 4.57 Å². The zero-order valence-electron chi connectivity index (χ0n) is 22.4. The Morgan fingerprint density at radius 1 is 0.415 bits per heavy atom. The molecule has 7 aromatic rings. The van der Waals surface area contributed by atoms with Crippen LogP contribution in [0, 0.1) is 0 Å². The standard InChI is InChI=1S/C38H28OP2/c39-41(31-18-6-2-7-19-31,32-20-8-3-9-21-32)36-27-25-29-15-11-13-23-34(29)38(36)37-33-22-12-10-14-28(33)24-26-35(37)40-30-16-4-1-5-17-30/h1-27,40H. The molecule has 1 nitrogen and oxygen atoms in total. The molecule has 1 atom stereocenters. The van der Waals surface area contributed by atoms with E-state index in [1.165, 1.54) is 26.9 Å². The van der Waals surface area contributed by atoms with Crippen LogP contribution in [0.25, 0.3) is 32.7 Å². The number of rotatable bonds is 6. The van der Waals surface area contributed by atoms with Crippen molar-refractivity contribution in [2.24, 2.45) is 0 Å². The highest BCUT2D eigenvalue weighted by atomic mass is 31.2. The molecular formula is C38H28OP2. The fourth-order valence-corrected chi connectivity index (χ4v) is 9.90. The number of hydrogen-bond donors (Lipinski definition) is 0. The molecular weight excluding hydrogens is 534 g/mol. The molecule has 0 bridgehead atoms. The molecule has 0 aliphatic heterocycles. The van der Waals surface area contributed by atoms with E-state index in [9.17, 15) is 0 Å². The van der Waals surface area contributed by atoms with Crippen molar-refractivity contribution in [1.82, 2.24) is 0 Å². The average Bonchev–Trinajstić information content (AvgIpc) is 3.05. The van der Waals surface area contributed by atoms with Crippen LogP contribution in [0.3, 0.4) is 0 Å². The van der Waals surface area contributed by atoms with Crippen LogP contribution < -0.4 is 26.5 Å². The van der Waals surface area contributed by atoms with E-state index in [1.54, 1.807) is 0 Å². The maximum atomic E-state index is 15.9. The molecule has 0 aliphatic rings. The van der Waals surface area contributed by atoms with E-state index in [4.69, 9.17) is 0 Å². The third-order valence-corrected chi connectivity index (χ3v) is 12.1.